The average Bonchev–Trinajstić information content (AvgIpc) is 3.43. The Balaban J connectivity index is 1.40. The van der Waals surface area contributed by atoms with E-state index in [1.165, 1.54) is 0 Å². The lowest BCUT2D eigenvalue weighted by molar-refractivity contribution is -0.119. The molecule has 0 saturated carbocycles. The van der Waals surface area contributed by atoms with Gasteiger partial charge in [0.25, 0.3) is 11.8 Å². The first kappa shape index (κ1) is 20.3. The molecular weight excluding hydrogens is 408 g/mol. The van der Waals surface area contributed by atoms with Gasteiger partial charge in [-0.3, -0.25) is 14.4 Å². The van der Waals surface area contributed by atoms with Crippen LogP contribution in [0.1, 0.15) is 33.6 Å². The third-order valence-corrected chi connectivity index (χ3v) is 6.15. The quantitative estimate of drug-likeness (QED) is 0.648. The van der Waals surface area contributed by atoms with Crippen LogP contribution in [0.25, 0.3) is 10.9 Å². The number of hydrogen-bond donors (Lipinski definition) is 2. The molecule has 2 N–H and O–H groups in total. The van der Waals surface area contributed by atoms with Gasteiger partial charge in [0.15, 0.2) is 0 Å². The van der Waals surface area contributed by atoms with E-state index in [-0.39, 0.29) is 17.7 Å². The Morgan fingerprint density at radius 3 is 2.91 bits per heavy atom. The molecule has 1 saturated heterocycles. The van der Waals surface area contributed by atoms with Gasteiger partial charge in [-0.1, -0.05) is 6.07 Å². The number of amides is 3. The van der Waals surface area contributed by atoms with Crippen LogP contribution in [0.5, 0.6) is 0 Å². The first-order valence-corrected chi connectivity index (χ1v) is 10.7. The Labute approximate surface area is 185 Å². The van der Waals surface area contributed by atoms with Crippen molar-refractivity contribution in [3.05, 3.63) is 59.8 Å². The van der Waals surface area contributed by atoms with Gasteiger partial charge in [0.2, 0.25) is 5.91 Å². The van der Waals surface area contributed by atoms with Crippen LogP contribution in [0.15, 0.2) is 48.7 Å². The maximum Gasteiger partial charge on any atom is 0.256 e. The summed E-state index contributed by atoms with van der Waals surface area (Å²) < 4.78 is 7.21. The third kappa shape index (κ3) is 3.52. The van der Waals surface area contributed by atoms with E-state index in [1.54, 1.807) is 36.3 Å². The van der Waals surface area contributed by atoms with Crippen LogP contribution in [0, 0.1) is 0 Å². The summed E-state index contributed by atoms with van der Waals surface area (Å²) in [5.41, 5.74) is 2.84. The minimum atomic E-state index is -0.422. The number of nitrogens with one attached hydrogen (secondary N) is 2. The smallest absolute Gasteiger partial charge is 0.256 e. The molecule has 0 spiro atoms. The van der Waals surface area contributed by atoms with Crippen molar-refractivity contribution in [2.45, 2.75) is 25.4 Å². The maximum absolute atomic E-state index is 13.0. The van der Waals surface area contributed by atoms with Crippen molar-refractivity contribution < 1.29 is 19.1 Å². The Kier molecular flexibility index (Phi) is 5.14. The number of anilines is 2. The average molecular weight is 432 g/mol. The molecule has 0 unspecified atom stereocenters. The summed E-state index contributed by atoms with van der Waals surface area (Å²) in [4.78, 5) is 40.0. The lowest BCUT2D eigenvalue weighted by Gasteiger charge is -2.20. The van der Waals surface area contributed by atoms with Crippen molar-refractivity contribution in [1.82, 2.24) is 9.47 Å². The van der Waals surface area contributed by atoms with E-state index in [1.807, 2.05) is 29.0 Å². The molecule has 0 radical (unpaired) electrons. The van der Waals surface area contributed by atoms with Gasteiger partial charge in [0, 0.05) is 43.2 Å². The molecule has 2 aliphatic heterocycles. The van der Waals surface area contributed by atoms with Gasteiger partial charge in [-0.15, -0.1) is 0 Å². The highest BCUT2D eigenvalue weighted by Crippen LogP contribution is 2.30. The first-order valence-electron chi connectivity index (χ1n) is 10.7. The molecule has 8 nitrogen and oxygen atoms in total. The number of hydrogen-bond acceptors (Lipinski definition) is 4. The van der Waals surface area contributed by atoms with E-state index in [2.05, 4.69) is 10.6 Å². The van der Waals surface area contributed by atoms with Gasteiger partial charge < -0.3 is 24.8 Å². The number of aromatic nitrogens is 1. The zero-order valence-corrected chi connectivity index (χ0v) is 17.8. The lowest BCUT2D eigenvalue weighted by Crippen LogP contribution is -2.40. The Morgan fingerprint density at radius 2 is 2.06 bits per heavy atom. The number of carbonyl (C=O) groups is 3. The maximum atomic E-state index is 13.0. The summed E-state index contributed by atoms with van der Waals surface area (Å²) in [5.74, 6) is -0.610. The van der Waals surface area contributed by atoms with Crippen LogP contribution in [0.3, 0.4) is 0 Å². The van der Waals surface area contributed by atoms with E-state index >= 15 is 0 Å². The molecule has 2 aromatic carbocycles. The van der Waals surface area contributed by atoms with Gasteiger partial charge >= 0.3 is 0 Å². The Hall–Kier alpha value is -3.65. The summed E-state index contributed by atoms with van der Waals surface area (Å²) in [6.07, 6.45) is 3.46. The molecule has 5 rings (SSSR count). The van der Waals surface area contributed by atoms with Gasteiger partial charge in [0.1, 0.15) is 6.04 Å². The molecule has 32 heavy (non-hydrogen) atoms. The van der Waals surface area contributed by atoms with Crippen molar-refractivity contribution in [3.8, 4) is 0 Å². The fraction of sp³-hybridized carbons (Fsp3) is 0.292. The highest BCUT2D eigenvalue weighted by atomic mass is 16.5. The van der Waals surface area contributed by atoms with Gasteiger partial charge in [-0.25, -0.2) is 0 Å². The van der Waals surface area contributed by atoms with Crippen molar-refractivity contribution in [2.75, 3.05) is 30.9 Å². The number of nitrogens with zero attached hydrogens (tertiary/aromatic N) is 2. The fourth-order valence-electron chi connectivity index (χ4n) is 4.47. The largest absolute Gasteiger partial charge is 0.383 e. The van der Waals surface area contributed by atoms with Crippen LogP contribution < -0.4 is 10.6 Å². The van der Waals surface area contributed by atoms with E-state index in [0.717, 1.165) is 17.3 Å². The highest BCUT2D eigenvalue weighted by Gasteiger charge is 2.38. The predicted octanol–water partition coefficient (Wildman–Crippen LogP) is 3.10. The topological polar surface area (TPSA) is 92.7 Å². The monoisotopic (exact) mass is 432 g/mol. The lowest BCUT2D eigenvalue weighted by atomic mass is 10.1. The van der Waals surface area contributed by atoms with Crippen LogP contribution in [0.4, 0.5) is 11.4 Å². The summed E-state index contributed by atoms with van der Waals surface area (Å²) in [6.45, 7) is 1.84. The van der Waals surface area contributed by atoms with Gasteiger partial charge in [-0.05, 0) is 54.6 Å². The second kappa shape index (κ2) is 8.12. The first-order chi connectivity index (χ1) is 15.5. The Bertz CT molecular complexity index is 1230. The normalized spacial score (nSPS) is 17.7. The second-order valence-electron chi connectivity index (χ2n) is 8.14. The minimum Gasteiger partial charge on any atom is -0.383 e. The Morgan fingerprint density at radius 1 is 1.19 bits per heavy atom. The molecular formula is C24H24N4O4. The number of fused-ring (bicyclic) bond motifs is 3. The number of methoxy groups -OCH3 is 1. The summed E-state index contributed by atoms with van der Waals surface area (Å²) in [5, 5.41) is 6.78. The van der Waals surface area contributed by atoms with Crippen molar-refractivity contribution in [1.29, 1.82) is 0 Å². The molecule has 0 aliphatic carbocycles. The van der Waals surface area contributed by atoms with Crippen molar-refractivity contribution in [3.63, 3.8) is 0 Å². The number of benzene rings is 2. The zero-order valence-electron chi connectivity index (χ0n) is 17.8. The minimum absolute atomic E-state index is 0.156. The van der Waals surface area contributed by atoms with Gasteiger partial charge in [-0.2, -0.15) is 0 Å². The molecule has 3 amide bonds. The van der Waals surface area contributed by atoms with Crippen LogP contribution in [-0.4, -0.2) is 53.5 Å². The summed E-state index contributed by atoms with van der Waals surface area (Å²) >= 11 is 0. The van der Waals surface area contributed by atoms with E-state index in [0.29, 0.717) is 48.6 Å². The third-order valence-electron chi connectivity index (χ3n) is 6.15. The molecule has 164 valence electrons. The molecule has 3 heterocycles. The van der Waals surface area contributed by atoms with E-state index in [4.69, 9.17) is 4.74 Å². The van der Waals surface area contributed by atoms with Crippen molar-refractivity contribution in [2.24, 2.45) is 0 Å². The molecule has 1 atom stereocenters. The van der Waals surface area contributed by atoms with Crippen LogP contribution in [-0.2, 0) is 16.1 Å². The van der Waals surface area contributed by atoms with Crippen LogP contribution >= 0.6 is 0 Å². The number of rotatable bonds is 5. The van der Waals surface area contributed by atoms with Crippen LogP contribution in [0.2, 0.25) is 0 Å². The summed E-state index contributed by atoms with van der Waals surface area (Å²) in [6, 6.07) is 12.1. The highest BCUT2D eigenvalue weighted by molar-refractivity contribution is 6.12. The molecule has 3 aromatic rings. The van der Waals surface area contributed by atoms with E-state index in [9.17, 15) is 14.4 Å². The molecule has 2 aliphatic rings. The molecule has 8 heteroatoms. The molecule has 0 bridgehead atoms. The number of ether oxygens (including phenoxy) is 1. The standard InChI is InChI=1S/C24H24N4O4/c1-32-12-11-27-10-8-15-4-5-16(13-21(15)27)22(29)25-17-6-7-19-18(14-17)24(31)28-9-2-3-20(28)23(30)26-19/h4-8,10,13-14,20H,2-3,9,11-12H2,1H3,(H,25,29)(H,26,30)/t20-/m0/s1. The van der Waals surface area contributed by atoms with Crippen molar-refractivity contribution >= 4 is 40.0 Å². The second-order valence-corrected chi connectivity index (χ2v) is 8.14. The zero-order chi connectivity index (χ0) is 22.2. The summed E-state index contributed by atoms with van der Waals surface area (Å²) in [7, 11) is 1.66. The molecule has 1 aromatic heterocycles. The fourth-order valence-corrected chi connectivity index (χ4v) is 4.47. The number of carbonyl (C=O) groups excluding carboxylic acids is 3. The molecule has 1 fully saturated rings. The SMILES string of the molecule is COCCn1ccc2ccc(C(=O)Nc3ccc4c(c3)C(=O)N3CCC[C@H]3C(=O)N4)cc21. The van der Waals surface area contributed by atoms with E-state index < -0.39 is 6.04 Å². The van der Waals surface area contributed by atoms with Gasteiger partial charge in [0.05, 0.1) is 17.9 Å². The predicted molar refractivity (Wildman–Crippen MR) is 121 cm³/mol.